The van der Waals surface area contributed by atoms with Crippen LogP contribution in [0.15, 0.2) is 59.4 Å². The maximum absolute atomic E-state index is 13.1. The number of carbonyl (C=O) groups excluding carboxylic acids is 2. The van der Waals surface area contributed by atoms with Gasteiger partial charge >= 0.3 is 12.1 Å². The third-order valence-electron chi connectivity index (χ3n) is 6.79. The van der Waals surface area contributed by atoms with E-state index < -0.39 is 18.2 Å². The number of aryl methyl sites for hydroxylation is 1. The first-order valence-corrected chi connectivity index (χ1v) is 11.4. The molecule has 2 aliphatic rings. The van der Waals surface area contributed by atoms with E-state index >= 15 is 0 Å². The number of fused-ring (bicyclic) bond motifs is 5. The van der Waals surface area contributed by atoms with Crippen LogP contribution in [0.25, 0.3) is 22.3 Å². The summed E-state index contributed by atoms with van der Waals surface area (Å²) in [6.07, 6.45) is -2.01. The van der Waals surface area contributed by atoms with Crippen molar-refractivity contribution in [3.05, 3.63) is 87.2 Å². The molecule has 0 radical (unpaired) electrons. The Morgan fingerprint density at radius 3 is 2.72 bits per heavy atom. The average molecular weight is 483 g/mol. The standard InChI is InChI=1S/C27H21N3O6/c1-14-17-10-15-12-30-21(11-18-19(25(30)32)13-35-26(33)24(18)31)23(15)28-20(17)8-9-22(14)36-27(34)29(2)16-6-4-3-5-7-16/h3-11,24,31H,12-13H2,1-2H3/t24-/m0/s1. The predicted molar refractivity (Wildman–Crippen MR) is 131 cm³/mol. The largest absolute Gasteiger partial charge is 0.458 e. The first-order valence-electron chi connectivity index (χ1n) is 11.4. The number of aliphatic hydroxyl groups is 1. The quantitative estimate of drug-likeness (QED) is 0.383. The maximum Gasteiger partial charge on any atom is 0.419 e. The summed E-state index contributed by atoms with van der Waals surface area (Å²) in [5.41, 5.74) is 4.32. The van der Waals surface area contributed by atoms with E-state index in [0.717, 1.165) is 16.5 Å². The lowest BCUT2D eigenvalue weighted by Gasteiger charge is -2.21. The Morgan fingerprint density at radius 1 is 1.17 bits per heavy atom. The van der Waals surface area contributed by atoms with Crippen molar-refractivity contribution < 1.29 is 24.2 Å². The van der Waals surface area contributed by atoms with Gasteiger partial charge in [-0.05, 0) is 43.3 Å². The van der Waals surface area contributed by atoms with Crippen molar-refractivity contribution in [2.75, 3.05) is 11.9 Å². The number of anilines is 1. The molecule has 0 fully saturated rings. The lowest BCUT2D eigenvalue weighted by Crippen LogP contribution is -2.32. The highest BCUT2D eigenvalue weighted by Gasteiger charge is 2.33. The SMILES string of the molecule is Cc1c(OC(=O)N(C)c2ccccc2)ccc2nc3c(cc12)Cn1c-3cc2c(c1=O)COC(=O)[C@H]2O. The Morgan fingerprint density at radius 2 is 1.94 bits per heavy atom. The molecule has 4 aromatic rings. The maximum atomic E-state index is 13.1. The number of aliphatic hydroxyl groups excluding tert-OH is 1. The number of esters is 1. The van der Waals surface area contributed by atoms with Crippen LogP contribution in [-0.4, -0.2) is 33.8 Å². The number of para-hydroxylation sites is 1. The lowest BCUT2D eigenvalue weighted by atomic mass is 10.00. The topological polar surface area (TPSA) is 111 Å². The van der Waals surface area contributed by atoms with Gasteiger partial charge in [-0.2, -0.15) is 0 Å². The zero-order chi connectivity index (χ0) is 25.1. The number of carbonyl (C=O) groups is 2. The summed E-state index contributed by atoms with van der Waals surface area (Å²) in [5, 5.41) is 11.1. The van der Waals surface area contributed by atoms with E-state index in [4.69, 9.17) is 14.5 Å². The smallest absolute Gasteiger partial charge is 0.419 e. The van der Waals surface area contributed by atoms with E-state index in [1.54, 1.807) is 29.8 Å². The molecule has 2 aliphatic heterocycles. The summed E-state index contributed by atoms with van der Waals surface area (Å²) in [6.45, 7) is 1.99. The van der Waals surface area contributed by atoms with Crippen molar-refractivity contribution in [1.82, 2.24) is 9.55 Å². The Kier molecular flexibility index (Phi) is 4.90. The molecule has 36 heavy (non-hydrogen) atoms. The highest BCUT2D eigenvalue weighted by molar-refractivity contribution is 5.92. The molecular formula is C27H21N3O6. The molecule has 0 bridgehead atoms. The number of pyridine rings is 2. The zero-order valence-corrected chi connectivity index (χ0v) is 19.5. The van der Waals surface area contributed by atoms with Crippen LogP contribution in [0.2, 0.25) is 0 Å². The highest BCUT2D eigenvalue weighted by Crippen LogP contribution is 2.37. The number of amides is 1. The van der Waals surface area contributed by atoms with Gasteiger partial charge in [-0.3, -0.25) is 9.69 Å². The van der Waals surface area contributed by atoms with Crippen molar-refractivity contribution in [2.45, 2.75) is 26.2 Å². The summed E-state index contributed by atoms with van der Waals surface area (Å²) in [6, 6.07) is 16.3. The van der Waals surface area contributed by atoms with Crippen LogP contribution in [0.4, 0.5) is 10.5 Å². The monoisotopic (exact) mass is 483 g/mol. The number of nitrogens with zero attached hydrogens (tertiary/aromatic N) is 3. The van der Waals surface area contributed by atoms with Gasteiger partial charge in [0.25, 0.3) is 5.56 Å². The normalized spacial score (nSPS) is 15.6. The molecule has 0 saturated carbocycles. The number of hydrogen-bond donors (Lipinski definition) is 1. The average Bonchev–Trinajstić information content (AvgIpc) is 3.25. The molecule has 180 valence electrons. The van der Waals surface area contributed by atoms with Gasteiger partial charge in [0.2, 0.25) is 0 Å². The minimum absolute atomic E-state index is 0.165. The van der Waals surface area contributed by atoms with Gasteiger partial charge in [-0.1, -0.05) is 18.2 Å². The first-order chi connectivity index (χ1) is 17.3. The molecule has 1 atom stereocenters. The van der Waals surface area contributed by atoms with Crippen LogP contribution in [0.1, 0.15) is 28.4 Å². The fraction of sp³-hybridized carbons (Fsp3) is 0.185. The van der Waals surface area contributed by atoms with Gasteiger partial charge in [-0.25, -0.2) is 14.6 Å². The van der Waals surface area contributed by atoms with Crippen molar-refractivity contribution >= 4 is 28.7 Å². The van der Waals surface area contributed by atoms with E-state index in [2.05, 4.69) is 0 Å². The second kappa shape index (κ2) is 8.03. The summed E-state index contributed by atoms with van der Waals surface area (Å²) in [4.78, 5) is 43.9. The van der Waals surface area contributed by atoms with Gasteiger partial charge < -0.3 is 19.1 Å². The van der Waals surface area contributed by atoms with Gasteiger partial charge in [0, 0.05) is 34.8 Å². The van der Waals surface area contributed by atoms with Gasteiger partial charge in [0.15, 0.2) is 6.10 Å². The molecule has 2 aromatic heterocycles. The molecule has 9 nitrogen and oxygen atoms in total. The van der Waals surface area contributed by atoms with Crippen LogP contribution in [0.3, 0.4) is 0 Å². The molecule has 6 rings (SSSR count). The number of hydrogen-bond acceptors (Lipinski definition) is 7. The number of rotatable bonds is 2. The number of aromatic nitrogens is 2. The molecule has 1 amide bonds. The number of cyclic esters (lactones) is 1. The van der Waals surface area contributed by atoms with Crippen LogP contribution in [-0.2, 0) is 22.7 Å². The predicted octanol–water partition coefficient (Wildman–Crippen LogP) is 3.46. The van der Waals surface area contributed by atoms with Crippen LogP contribution in [0.5, 0.6) is 5.75 Å². The summed E-state index contributed by atoms with van der Waals surface area (Å²) in [5.74, 6) is -0.355. The number of ether oxygens (including phenoxy) is 2. The van der Waals surface area contributed by atoms with E-state index in [1.807, 2.05) is 43.3 Å². The van der Waals surface area contributed by atoms with Crippen molar-refractivity contribution in [3.63, 3.8) is 0 Å². The van der Waals surface area contributed by atoms with Crippen LogP contribution >= 0.6 is 0 Å². The zero-order valence-electron chi connectivity index (χ0n) is 19.5. The summed E-state index contributed by atoms with van der Waals surface area (Å²) < 4.78 is 12.2. The molecule has 2 aromatic carbocycles. The van der Waals surface area contributed by atoms with Crippen molar-refractivity contribution in [2.24, 2.45) is 0 Å². The third-order valence-corrected chi connectivity index (χ3v) is 6.79. The van der Waals surface area contributed by atoms with E-state index in [0.29, 0.717) is 34.9 Å². The molecule has 0 saturated heterocycles. The lowest BCUT2D eigenvalue weighted by molar-refractivity contribution is -0.157. The minimum Gasteiger partial charge on any atom is -0.458 e. The second-order valence-corrected chi connectivity index (χ2v) is 8.88. The highest BCUT2D eigenvalue weighted by atomic mass is 16.6. The summed E-state index contributed by atoms with van der Waals surface area (Å²) in [7, 11) is 1.65. The number of benzene rings is 2. The Balaban J connectivity index is 1.38. The van der Waals surface area contributed by atoms with Gasteiger partial charge in [-0.15, -0.1) is 0 Å². The third kappa shape index (κ3) is 3.28. The molecular weight excluding hydrogens is 462 g/mol. The molecule has 1 N–H and O–H groups in total. The van der Waals surface area contributed by atoms with E-state index in [-0.39, 0.29) is 23.3 Å². The molecule has 9 heteroatoms. The fourth-order valence-electron chi connectivity index (χ4n) is 4.75. The molecule has 4 heterocycles. The molecule has 0 unspecified atom stereocenters. The second-order valence-electron chi connectivity index (χ2n) is 8.88. The fourth-order valence-corrected chi connectivity index (χ4v) is 4.75. The van der Waals surface area contributed by atoms with E-state index in [9.17, 15) is 19.5 Å². The first kappa shape index (κ1) is 22.0. The van der Waals surface area contributed by atoms with Gasteiger partial charge in [0.1, 0.15) is 12.4 Å². The summed E-state index contributed by atoms with van der Waals surface area (Å²) >= 11 is 0. The van der Waals surface area contributed by atoms with Crippen LogP contribution in [0, 0.1) is 6.92 Å². The van der Waals surface area contributed by atoms with Crippen molar-refractivity contribution in [1.29, 1.82) is 0 Å². The minimum atomic E-state index is -1.50. The van der Waals surface area contributed by atoms with E-state index in [1.165, 1.54) is 4.90 Å². The Labute approximate surface area is 205 Å². The molecule has 0 aliphatic carbocycles. The van der Waals surface area contributed by atoms with Gasteiger partial charge in [0.05, 0.1) is 29.0 Å². The van der Waals surface area contributed by atoms with Crippen molar-refractivity contribution in [3.8, 4) is 17.1 Å². The Bertz CT molecular complexity index is 1640. The van der Waals surface area contributed by atoms with Crippen LogP contribution < -0.4 is 15.2 Å². The Hall–Kier alpha value is -4.50. The molecule has 0 spiro atoms.